The second-order valence-corrected chi connectivity index (χ2v) is 2.67. The van der Waals surface area contributed by atoms with Gasteiger partial charge in [0.1, 0.15) is 0 Å². The molecule has 2 aromatic rings. The summed E-state index contributed by atoms with van der Waals surface area (Å²) in [5.41, 5.74) is 2.27. The molecule has 0 aliphatic rings. The molecule has 0 atom stereocenters. The molecule has 0 aliphatic heterocycles. The second-order valence-electron chi connectivity index (χ2n) is 2.67. The van der Waals surface area contributed by atoms with Crippen molar-refractivity contribution in [3.63, 3.8) is 0 Å². The minimum Gasteiger partial charge on any atom is -0.316 e. The first-order chi connectivity index (χ1) is 5.90. The summed E-state index contributed by atoms with van der Waals surface area (Å²) in [5.74, 6) is 0. The summed E-state index contributed by atoms with van der Waals surface area (Å²) in [4.78, 5) is 0. The van der Waals surface area contributed by atoms with E-state index in [2.05, 4.69) is 21.7 Å². The number of aromatic nitrogens is 3. The van der Waals surface area contributed by atoms with Crippen LogP contribution in [0.2, 0.25) is 0 Å². The van der Waals surface area contributed by atoms with Crippen LogP contribution in [-0.2, 0) is 6.54 Å². The van der Waals surface area contributed by atoms with Crippen LogP contribution in [0.1, 0.15) is 5.56 Å². The van der Waals surface area contributed by atoms with Gasteiger partial charge in [-0.15, -0.1) is 5.10 Å². The molecular weight excluding hydrogens is 152 g/mol. The minimum absolute atomic E-state index is 0.877. The zero-order valence-electron chi connectivity index (χ0n) is 6.86. The van der Waals surface area contributed by atoms with E-state index >= 15 is 0 Å². The average Bonchev–Trinajstić information content (AvgIpc) is 2.51. The summed E-state index contributed by atoms with van der Waals surface area (Å²) in [6, 6.07) is 4.09. The fraction of sp³-hybridized carbons (Fsp3) is 0.250. The van der Waals surface area contributed by atoms with Crippen LogP contribution in [0.5, 0.6) is 0 Å². The molecule has 0 bridgehead atoms. The number of fused-ring (bicyclic) bond motifs is 1. The van der Waals surface area contributed by atoms with E-state index < -0.39 is 0 Å². The van der Waals surface area contributed by atoms with Gasteiger partial charge >= 0.3 is 0 Å². The van der Waals surface area contributed by atoms with Gasteiger partial charge in [0.05, 0.1) is 11.7 Å². The molecule has 4 nitrogen and oxygen atoms in total. The maximum absolute atomic E-state index is 3.87. The highest BCUT2D eigenvalue weighted by atomic mass is 15.4. The van der Waals surface area contributed by atoms with Crippen LogP contribution in [0.25, 0.3) is 5.52 Å². The fourth-order valence-corrected chi connectivity index (χ4v) is 1.19. The lowest BCUT2D eigenvalue weighted by Gasteiger charge is -1.98. The lowest BCUT2D eigenvalue weighted by atomic mass is 10.2. The van der Waals surface area contributed by atoms with Crippen molar-refractivity contribution < 1.29 is 0 Å². The molecule has 2 rings (SSSR count). The molecule has 0 radical (unpaired) electrons. The van der Waals surface area contributed by atoms with Gasteiger partial charge in [0, 0.05) is 12.7 Å². The minimum atomic E-state index is 0.877. The highest BCUT2D eigenvalue weighted by molar-refractivity contribution is 5.45. The predicted molar refractivity (Wildman–Crippen MR) is 45.8 cm³/mol. The van der Waals surface area contributed by atoms with Gasteiger partial charge in [-0.1, -0.05) is 5.21 Å². The summed E-state index contributed by atoms with van der Waals surface area (Å²) in [7, 11) is 1.93. The molecule has 0 unspecified atom stereocenters. The van der Waals surface area contributed by atoms with Crippen molar-refractivity contribution >= 4 is 5.52 Å². The Hall–Kier alpha value is -1.42. The molecule has 62 valence electrons. The first-order valence-electron chi connectivity index (χ1n) is 3.84. The van der Waals surface area contributed by atoms with Gasteiger partial charge in [0.25, 0.3) is 0 Å². The normalized spacial score (nSPS) is 10.8. The van der Waals surface area contributed by atoms with Crippen molar-refractivity contribution in [1.29, 1.82) is 0 Å². The highest BCUT2D eigenvalue weighted by Crippen LogP contribution is 2.04. The maximum atomic E-state index is 3.87. The van der Waals surface area contributed by atoms with Crippen LogP contribution in [0.3, 0.4) is 0 Å². The second kappa shape index (κ2) is 2.91. The molecule has 4 heteroatoms. The molecule has 1 N–H and O–H groups in total. The van der Waals surface area contributed by atoms with Gasteiger partial charge in [-0.25, -0.2) is 4.52 Å². The van der Waals surface area contributed by atoms with Gasteiger partial charge < -0.3 is 5.32 Å². The summed E-state index contributed by atoms with van der Waals surface area (Å²) in [6.07, 6.45) is 3.66. The smallest absolute Gasteiger partial charge is 0.0868 e. The van der Waals surface area contributed by atoms with Crippen LogP contribution in [0.15, 0.2) is 24.5 Å². The van der Waals surface area contributed by atoms with Crippen LogP contribution in [0.4, 0.5) is 0 Å². The Balaban J connectivity index is 2.46. The van der Waals surface area contributed by atoms with Gasteiger partial charge in [0.2, 0.25) is 0 Å². The van der Waals surface area contributed by atoms with E-state index in [1.807, 2.05) is 19.3 Å². The molecule has 0 aromatic carbocycles. The number of hydrogen-bond acceptors (Lipinski definition) is 3. The van der Waals surface area contributed by atoms with E-state index in [9.17, 15) is 0 Å². The van der Waals surface area contributed by atoms with Gasteiger partial charge in [-0.05, 0) is 24.7 Å². The van der Waals surface area contributed by atoms with Crippen molar-refractivity contribution in [2.75, 3.05) is 7.05 Å². The summed E-state index contributed by atoms with van der Waals surface area (Å²) in [5, 5.41) is 10.8. The maximum Gasteiger partial charge on any atom is 0.0868 e. The van der Waals surface area contributed by atoms with Crippen LogP contribution in [0, 0.1) is 0 Å². The Labute approximate surface area is 70.2 Å². The standard InChI is InChI=1S/C8H10N4/c1-9-5-7-2-3-12-8(4-7)6-10-11-12/h2-4,6,9H,5H2,1H3. The van der Waals surface area contributed by atoms with Gasteiger partial charge in [-0.2, -0.15) is 0 Å². The zero-order valence-corrected chi connectivity index (χ0v) is 6.86. The predicted octanol–water partition coefficient (Wildman–Crippen LogP) is 0.449. The van der Waals surface area contributed by atoms with E-state index in [-0.39, 0.29) is 0 Å². The average molecular weight is 162 g/mol. The molecule has 12 heavy (non-hydrogen) atoms. The Bertz CT molecular complexity index is 379. The van der Waals surface area contributed by atoms with Crippen molar-refractivity contribution in [2.45, 2.75) is 6.54 Å². The molecule has 0 amide bonds. The Morgan fingerprint density at radius 1 is 1.58 bits per heavy atom. The largest absolute Gasteiger partial charge is 0.316 e. The van der Waals surface area contributed by atoms with Crippen molar-refractivity contribution in [2.24, 2.45) is 0 Å². The van der Waals surface area contributed by atoms with Crippen LogP contribution in [-0.4, -0.2) is 21.9 Å². The number of nitrogens with one attached hydrogen (secondary N) is 1. The molecular formula is C8H10N4. The van der Waals surface area contributed by atoms with E-state index in [1.165, 1.54) is 5.56 Å². The van der Waals surface area contributed by atoms with Gasteiger partial charge in [0.15, 0.2) is 0 Å². The zero-order chi connectivity index (χ0) is 8.39. The number of rotatable bonds is 2. The van der Waals surface area contributed by atoms with Gasteiger partial charge in [-0.3, -0.25) is 0 Å². The third-order valence-electron chi connectivity index (χ3n) is 1.75. The molecule has 0 fully saturated rings. The molecule has 0 saturated carbocycles. The van der Waals surface area contributed by atoms with E-state index in [4.69, 9.17) is 0 Å². The van der Waals surface area contributed by atoms with E-state index in [0.717, 1.165) is 12.1 Å². The summed E-state index contributed by atoms with van der Waals surface area (Å²) < 4.78 is 1.75. The lowest BCUT2D eigenvalue weighted by Crippen LogP contribution is -2.05. The van der Waals surface area contributed by atoms with Crippen LogP contribution >= 0.6 is 0 Å². The SMILES string of the molecule is CNCc1ccn2nncc2c1. The lowest BCUT2D eigenvalue weighted by molar-refractivity contribution is 0.807. The summed E-state index contributed by atoms with van der Waals surface area (Å²) >= 11 is 0. The molecule has 2 heterocycles. The van der Waals surface area contributed by atoms with Crippen molar-refractivity contribution in [1.82, 2.24) is 20.1 Å². The summed E-state index contributed by atoms with van der Waals surface area (Å²) in [6.45, 7) is 0.877. The molecule has 0 saturated heterocycles. The fourth-order valence-electron chi connectivity index (χ4n) is 1.19. The van der Waals surface area contributed by atoms with Crippen LogP contribution < -0.4 is 5.32 Å². The van der Waals surface area contributed by atoms with Crippen molar-refractivity contribution in [3.05, 3.63) is 30.1 Å². The third-order valence-corrected chi connectivity index (χ3v) is 1.75. The van der Waals surface area contributed by atoms with E-state index in [0.29, 0.717) is 0 Å². The van der Waals surface area contributed by atoms with E-state index in [1.54, 1.807) is 10.7 Å². The third kappa shape index (κ3) is 1.16. The first-order valence-corrected chi connectivity index (χ1v) is 3.84. The first kappa shape index (κ1) is 7.24. The quantitative estimate of drug-likeness (QED) is 0.697. The Kier molecular flexibility index (Phi) is 1.75. The monoisotopic (exact) mass is 162 g/mol. The molecule has 2 aromatic heterocycles. The number of nitrogens with zero attached hydrogens (tertiary/aromatic N) is 3. The number of hydrogen-bond donors (Lipinski definition) is 1. The topological polar surface area (TPSA) is 42.2 Å². The highest BCUT2D eigenvalue weighted by Gasteiger charge is 1.95. The number of pyridine rings is 1. The van der Waals surface area contributed by atoms with Crippen molar-refractivity contribution in [3.8, 4) is 0 Å². The Morgan fingerprint density at radius 2 is 2.50 bits per heavy atom. The Morgan fingerprint density at radius 3 is 3.33 bits per heavy atom. The molecule has 0 aliphatic carbocycles. The molecule has 0 spiro atoms.